The Hall–Kier alpha value is -2.11. The van der Waals surface area contributed by atoms with Gasteiger partial charge >= 0.3 is 12.2 Å². The molecule has 0 fully saturated rings. The Morgan fingerprint density at radius 3 is 1.42 bits per heavy atom. The minimum atomic E-state index is -0.678. The molecule has 0 bridgehead atoms. The molecule has 2 amide bonds. The van der Waals surface area contributed by atoms with Gasteiger partial charge in [0.2, 0.25) is 0 Å². The molecular weight excluding hydrogens is 466 g/mol. The monoisotopic (exact) mass is 488 g/mol. The van der Waals surface area contributed by atoms with E-state index in [0.717, 1.165) is 0 Å². The lowest BCUT2D eigenvalue weighted by molar-refractivity contribution is 0.169. The van der Waals surface area contributed by atoms with Crippen molar-refractivity contribution in [2.24, 2.45) is 0 Å². The van der Waals surface area contributed by atoms with Crippen molar-refractivity contribution in [1.29, 1.82) is 0 Å². The highest BCUT2D eigenvalue weighted by molar-refractivity contribution is 9.09. The average Bonchev–Trinajstić information content (AvgIpc) is 2.68. The molecule has 2 rings (SSSR count). The number of halogens is 2. The Morgan fingerprint density at radius 2 is 1.10 bits per heavy atom. The average molecular weight is 489 g/mol. The zero-order valence-electron chi connectivity index (χ0n) is 17.8. The molecule has 11 heteroatoms. The molecule has 0 atom stereocenters. The summed E-state index contributed by atoms with van der Waals surface area (Å²) in [6.45, 7) is 3.49. The first kappa shape index (κ1) is 25.2. The van der Waals surface area contributed by atoms with Crippen LogP contribution in [-0.4, -0.2) is 50.2 Å². The third-order valence-corrected chi connectivity index (χ3v) is 7.92. The highest BCUT2D eigenvalue weighted by Crippen LogP contribution is 2.48. The van der Waals surface area contributed by atoms with Crippen LogP contribution in [0.1, 0.15) is 11.1 Å². The zero-order chi connectivity index (χ0) is 23.3. The first-order valence-corrected chi connectivity index (χ1v) is 12.4. The van der Waals surface area contributed by atoms with Crippen molar-refractivity contribution in [1.82, 2.24) is 9.80 Å². The van der Waals surface area contributed by atoms with Gasteiger partial charge in [0.05, 0.1) is 0 Å². The predicted molar refractivity (Wildman–Crippen MR) is 121 cm³/mol. The van der Waals surface area contributed by atoms with E-state index in [4.69, 9.17) is 9.47 Å². The summed E-state index contributed by atoms with van der Waals surface area (Å²) in [5, 5.41) is 0. The first-order chi connectivity index (χ1) is 14.5. The van der Waals surface area contributed by atoms with Crippen LogP contribution in [-0.2, 0) is 0 Å². The molecule has 0 aliphatic heterocycles. The topological polar surface area (TPSA) is 59.1 Å². The molecule has 6 nitrogen and oxygen atoms in total. The van der Waals surface area contributed by atoms with Crippen molar-refractivity contribution in [3.8, 4) is 11.5 Å². The Morgan fingerprint density at radius 1 is 0.742 bits per heavy atom. The van der Waals surface area contributed by atoms with E-state index in [1.54, 1.807) is 13.8 Å². The van der Waals surface area contributed by atoms with E-state index in [-0.39, 0.29) is 11.5 Å². The molecule has 0 unspecified atom stereocenters. The molecule has 0 aromatic heterocycles. The summed E-state index contributed by atoms with van der Waals surface area (Å²) in [5.74, 6) is -1.57. The van der Waals surface area contributed by atoms with Gasteiger partial charge in [-0.25, -0.2) is 18.4 Å². The molecule has 31 heavy (non-hydrogen) atoms. The van der Waals surface area contributed by atoms with Crippen LogP contribution in [0.3, 0.4) is 0 Å². The van der Waals surface area contributed by atoms with Crippen LogP contribution in [0.25, 0.3) is 0 Å². The van der Waals surface area contributed by atoms with Gasteiger partial charge in [0.15, 0.2) is 23.1 Å². The summed E-state index contributed by atoms with van der Waals surface area (Å²) in [7, 11) is 10.0. The van der Waals surface area contributed by atoms with Crippen LogP contribution >= 0.6 is 31.4 Å². The number of carbonyl (C=O) groups is 2. The number of rotatable bonds is 6. The maximum atomic E-state index is 14.1. The van der Waals surface area contributed by atoms with Crippen molar-refractivity contribution in [2.45, 2.75) is 23.6 Å². The molecule has 0 heterocycles. The fourth-order valence-electron chi connectivity index (χ4n) is 2.07. The minimum Gasteiger partial charge on any atom is -0.407 e. The van der Waals surface area contributed by atoms with E-state index in [1.165, 1.54) is 93.7 Å². The minimum absolute atomic E-state index is 0.159. The highest BCUT2D eigenvalue weighted by atomic mass is 33.5. The van der Waals surface area contributed by atoms with E-state index in [0.29, 0.717) is 20.9 Å². The molecule has 0 saturated heterocycles. The van der Waals surface area contributed by atoms with Gasteiger partial charge in [-0.05, 0) is 80.7 Å². The van der Waals surface area contributed by atoms with Crippen LogP contribution in [0.2, 0.25) is 0 Å². The molecular formula is C20H22F2N2O4S3. The zero-order valence-corrected chi connectivity index (χ0v) is 20.3. The van der Waals surface area contributed by atoms with E-state index in [9.17, 15) is 18.4 Å². The van der Waals surface area contributed by atoms with Crippen molar-refractivity contribution in [2.75, 3.05) is 28.2 Å². The van der Waals surface area contributed by atoms with Crippen LogP contribution < -0.4 is 9.47 Å². The number of nitrogens with zero attached hydrogens (tertiary/aromatic N) is 2. The summed E-state index contributed by atoms with van der Waals surface area (Å²) >= 11 is 0. The molecule has 0 spiro atoms. The molecule has 0 aliphatic rings. The second-order valence-corrected chi connectivity index (χ2v) is 10.8. The van der Waals surface area contributed by atoms with Gasteiger partial charge in [0.1, 0.15) is 0 Å². The van der Waals surface area contributed by atoms with Gasteiger partial charge < -0.3 is 19.3 Å². The van der Waals surface area contributed by atoms with Gasteiger partial charge in [0, 0.05) is 38.0 Å². The SMILES string of the molecule is Cc1cc(F)c(OC(=O)N(C)C)cc1SSSc1cc(OC(=O)N(C)C)c(F)cc1C. The quantitative estimate of drug-likeness (QED) is 0.452. The van der Waals surface area contributed by atoms with Gasteiger partial charge in [-0.15, -0.1) is 0 Å². The third-order valence-electron chi connectivity index (χ3n) is 3.83. The lowest BCUT2D eigenvalue weighted by Gasteiger charge is -2.14. The number of aryl methyl sites for hydroxylation is 2. The van der Waals surface area contributed by atoms with Crippen LogP contribution in [0.4, 0.5) is 18.4 Å². The van der Waals surface area contributed by atoms with Crippen molar-refractivity contribution in [3.63, 3.8) is 0 Å². The molecule has 2 aromatic rings. The van der Waals surface area contributed by atoms with Crippen LogP contribution in [0, 0.1) is 25.5 Å². The summed E-state index contributed by atoms with van der Waals surface area (Å²) in [6, 6.07) is 5.53. The molecule has 0 aliphatic carbocycles. The fraction of sp³-hybridized carbons (Fsp3) is 0.300. The normalized spacial score (nSPS) is 10.6. The van der Waals surface area contributed by atoms with Gasteiger partial charge in [-0.2, -0.15) is 0 Å². The number of ether oxygens (including phenoxy) is 2. The second-order valence-electron chi connectivity index (χ2n) is 6.86. The summed E-state index contributed by atoms with van der Waals surface area (Å²) in [4.78, 5) is 27.3. The number of hydrogen-bond acceptors (Lipinski definition) is 7. The Balaban J connectivity index is 2.12. The van der Waals surface area contributed by atoms with E-state index < -0.39 is 23.8 Å². The summed E-state index contributed by atoms with van der Waals surface area (Å²) < 4.78 is 38.4. The molecule has 0 saturated carbocycles. The number of amides is 2. The number of benzene rings is 2. The van der Waals surface area contributed by atoms with Crippen molar-refractivity contribution >= 4 is 43.6 Å². The van der Waals surface area contributed by atoms with E-state index in [2.05, 4.69) is 0 Å². The van der Waals surface area contributed by atoms with Crippen molar-refractivity contribution < 1.29 is 27.8 Å². The summed E-state index contributed by atoms with van der Waals surface area (Å²) in [6.07, 6.45) is -1.36. The fourth-order valence-corrected chi connectivity index (χ4v) is 6.18. The van der Waals surface area contributed by atoms with Gasteiger partial charge in [-0.1, -0.05) is 0 Å². The smallest absolute Gasteiger partial charge is 0.407 e. The molecule has 0 radical (unpaired) electrons. The number of hydrogen-bond donors (Lipinski definition) is 0. The van der Waals surface area contributed by atoms with E-state index >= 15 is 0 Å². The van der Waals surface area contributed by atoms with Crippen LogP contribution in [0.5, 0.6) is 11.5 Å². The molecule has 2 aromatic carbocycles. The Labute approximate surface area is 191 Å². The second kappa shape index (κ2) is 11.0. The van der Waals surface area contributed by atoms with Gasteiger partial charge in [-0.3, -0.25) is 0 Å². The third kappa shape index (κ3) is 6.94. The summed E-state index contributed by atoms with van der Waals surface area (Å²) in [5.41, 5.74) is 1.35. The Kier molecular flexibility index (Phi) is 8.90. The molecule has 0 N–H and O–H groups in total. The number of carbonyl (C=O) groups excluding carboxylic acids is 2. The lowest BCUT2D eigenvalue weighted by atomic mass is 10.2. The first-order valence-electron chi connectivity index (χ1n) is 8.89. The van der Waals surface area contributed by atoms with E-state index in [1.807, 2.05) is 0 Å². The molecule has 168 valence electrons. The van der Waals surface area contributed by atoms with Gasteiger partial charge in [0.25, 0.3) is 0 Å². The standard InChI is InChI=1S/C20H22F2N2O4S3/c1-11-7-13(21)15(27-19(25)23(3)4)9-17(11)29-31-30-18-10-16(14(22)8-12(18)2)28-20(26)24(5)6/h7-10H,1-6H3. The highest BCUT2D eigenvalue weighted by Gasteiger charge is 2.17. The Bertz CT molecular complexity index is 910. The van der Waals surface area contributed by atoms with Crippen LogP contribution in [0.15, 0.2) is 34.1 Å². The lowest BCUT2D eigenvalue weighted by Crippen LogP contribution is -2.25. The van der Waals surface area contributed by atoms with Crippen molar-refractivity contribution in [3.05, 3.63) is 47.0 Å². The maximum Gasteiger partial charge on any atom is 0.414 e. The predicted octanol–water partition coefficient (Wildman–Crippen LogP) is 6.15. The largest absolute Gasteiger partial charge is 0.414 e. The maximum absolute atomic E-state index is 14.1.